The molecule has 0 atom stereocenters. The van der Waals surface area contributed by atoms with Crippen molar-refractivity contribution < 1.29 is 9.53 Å². The number of carbonyl (C=O) groups excluding carboxylic acids is 1. The van der Waals surface area contributed by atoms with Crippen LogP contribution in [0.25, 0.3) is 22.2 Å². The standard InChI is InChI=1S/C22H17NO2/c1-25-19-13-11-16(12-14-19)21-15-18-9-5-6-10-20(18)23(21)22(24)17-7-3-2-4-8-17/h2-15H,1H3. The van der Waals surface area contributed by atoms with E-state index in [2.05, 4.69) is 6.07 Å². The Bertz CT molecular complexity index is 1030. The van der Waals surface area contributed by atoms with Gasteiger partial charge in [0.15, 0.2) is 0 Å². The molecular weight excluding hydrogens is 310 g/mol. The zero-order chi connectivity index (χ0) is 17.2. The first-order chi connectivity index (χ1) is 12.3. The van der Waals surface area contributed by atoms with Crippen LogP contribution in [0.3, 0.4) is 0 Å². The minimum atomic E-state index is -0.0346. The summed E-state index contributed by atoms with van der Waals surface area (Å²) < 4.78 is 7.02. The van der Waals surface area contributed by atoms with Crippen LogP contribution in [0.1, 0.15) is 10.4 Å². The lowest BCUT2D eigenvalue weighted by Gasteiger charge is -2.10. The van der Waals surface area contributed by atoms with Crippen molar-refractivity contribution in [1.29, 1.82) is 0 Å². The summed E-state index contributed by atoms with van der Waals surface area (Å²) in [5, 5.41) is 1.04. The molecule has 4 aromatic rings. The highest BCUT2D eigenvalue weighted by molar-refractivity contribution is 6.05. The lowest BCUT2D eigenvalue weighted by Crippen LogP contribution is -2.12. The molecule has 4 rings (SSSR count). The molecule has 122 valence electrons. The molecule has 0 bridgehead atoms. The van der Waals surface area contributed by atoms with E-state index in [-0.39, 0.29) is 5.91 Å². The number of para-hydroxylation sites is 1. The molecule has 0 aliphatic heterocycles. The molecule has 0 N–H and O–H groups in total. The molecule has 0 fully saturated rings. The average Bonchev–Trinajstić information content (AvgIpc) is 3.07. The maximum atomic E-state index is 13.2. The Kier molecular flexibility index (Phi) is 3.82. The van der Waals surface area contributed by atoms with Crippen molar-refractivity contribution in [2.24, 2.45) is 0 Å². The SMILES string of the molecule is COc1ccc(-c2cc3ccccc3n2C(=O)c2ccccc2)cc1. The molecule has 0 saturated carbocycles. The van der Waals surface area contributed by atoms with Gasteiger partial charge < -0.3 is 4.74 Å². The van der Waals surface area contributed by atoms with Crippen molar-refractivity contribution in [2.75, 3.05) is 7.11 Å². The van der Waals surface area contributed by atoms with Gasteiger partial charge in [-0.25, -0.2) is 0 Å². The maximum absolute atomic E-state index is 13.2. The summed E-state index contributed by atoms with van der Waals surface area (Å²) in [5.41, 5.74) is 3.42. The zero-order valence-corrected chi connectivity index (χ0v) is 13.8. The number of hydrogen-bond acceptors (Lipinski definition) is 2. The summed E-state index contributed by atoms with van der Waals surface area (Å²) in [6.45, 7) is 0. The Morgan fingerprint density at radius 3 is 2.24 bits per heavy atom. The molecule has 0 aliphatic rings. The summed E-state index contributed by atoms with van der Waals surface area (Å²) in [6, 6.07) is 27.1. The van der Waals surface area contributed by atoms with Gasteiger partial charge >= 0.3 is 0 Å². The summed E-state index contributed by atoms with van der Waals surface area (Å²) >= 11 is 0. The van der Waals surface area contributed by atoms with Crippen molar-refractivity contribution in [1.82, 2.24) is 4.57 Å². The van der Waals surface area contributed by atoms with Crippen molar-refractivity contribution in [3.8, 4) is 17.0 Å². The summed E-state index contributed by atoms with van der Waals surface area (Å²) in [4.78, 5) is 13.2. The quantitative estimate of drug-likeness (QED) is 0.530. The fraction of sp³-hybridized carbons (Fsp3) is 0.0455. The van der Waals surface area contributed by atoms with Crippen LogP contribution in [0.4, 0.5) is 0 Å². The van der Waals surface area contributed by atoms with Crippen LogP contribution < -0.4 is 4.74 Å². The number of benzene rings is 3. The van der Waals surface area contributed by atoms with Gasteiger partial charge in [0.2, 0.25) is 0 Å². The Labute approximate surface area is 146 Å². The van der Waals surface area contributed by atoms with Crippen molar-refractivity contribution >= 4 is 16.8 Å². The van der Waals surface area contributed by atoms with E-state index in [1.807, 2.05) is 78.9 Å². The van der Waals surface area contributed by atoms with Crippen LogP contribution in [0.5, 0.6) is 5.75 Å². The topological polar surface area (TPSA) is 31.2 Å². The highest BCUT2D eigenvalue weighted by Crippen LogP contribution is 2.30. The smallest absolute Gasteiger partial charge is 0.262 e. The molecule has 3 nitrogen and oxygen atoms in total. The van der Waals surface area contributed by atoms with E-state index in [4.69, 9.17) is 4.74 Å². The van der Waals surface area contributed by atoms with E-state index in [1.54, 1.807) is 11.7 Å². The number of methoxy groups -OCH3 is 1. The number of carbonyl (C=O) groups is 1. The van der Waals surface area contributed by atoms with Crippen LogP contribution in [-0.2, 0) is 0 Å². The molecule has 0 aliphatic carbocycles. The monoisotopic (exact) mass is 327 g/mol. The summed E-state index contributed by atoms with van der Waals surface area (Å²) in [5.74, 6) is 0.758. The highest BCUT2D eigenvalue weighted by atomic mass is 16.5. The Morgan fingerprint density at radius 2 is 1.52 bits per heavy atom. The van der Waals surface area contributed by atoms with Gasteiger partial charge in [0.05, 0.1) is 18.3 Å². The fourth-order valence-electron chi connectivity index (χ4n) is 3.06. The third-order valence-corrected chi connectivity index (χ3v) is 4.32. The molecule has 0 amide bonds. The number of ether oxygens (including phenoxy) is 1. The molecule has 0 saturated heterocycles. The number of hydrogen-bond donors (Lipinski definition) is 0. The van der Waals surface area contributed by atoms with Crippen LogP contribution in [0.2, 0.25) is 0 Å². The maximum Gasteiger partial charge on any atom is 0.262 e. The Balaban J connectivity index is 1.93. The summed E-state index contributed by atoms with van der Waals surface area (Å²) in [6.07, 6.45) is 0. The second-order valence-corrected chi connectivity index (χ2v) is 5.82. The van der Waals surface area contributed by atoms with Crippen LogP contribution in [-0.4, -0.2) is 17.6 Å². The zero-order valence-electron chi connectivity index (χ0n) is 13.8. The van der Waals surface area contributed by atoms with Gasteiger partial charge in [-0.2, -0.15) is 0 Å². The molecule has 1 aromatic heterocycles. The third-order valence-electron chi connectivity index (χ3n) is 4.32. The number of rotatable bonds is 3. The van der Waals surface area contributed by atoms with E-state index in [1.165, 1.54) is 0 Å². The fourth-order valence-corrected chi connectivity index (χ4v) is 3.06. The molecule has 0 radical (unpaired) electrons. The molecule has 3 aromatic carbocycles. The van der Waals surface area contributed by atoms with Gasteiger partial charge in [-0.3, -0.25) is 9.36 Å². The number of aromatic nitrogens is 1. The Morgan fingerprint density at radius 1 is 0.840 bits per heavy atom. The van der Waals surface area contributed by atoms with E-state index < -0.39 is 0 Å². The first-order valence-electron chi connectivity index (χ1n) is 8.12. The normalized spacial score (nSPS) is 10.8. The van der Waals surface area contributed by atoms with Crippen LogP contribution >= 0.6 is 0 Å². The van der Waals surface area contributed by atoms with E-state index in [0.29, 0.717) is 5.56 Å². The summed E-state index contributed by atoms with van der Waals surface area (Å²) in [7, 11) is 1.64. The first-order valence-corrected chi connectivity index (χ1v) is 8.12. The Hall–Kier alpha value is -3.33. The lowest BCUT2D eigenvalue weighted by atomic mass is 10.1. The van der Waals surface area contributed by atoms with Crippen LogP contribution in [0, 0.1) is 0 Å². The second kappa shape index (κ2) is 6.29. The lowest BCUT2D eigenvalue weighted by molar-refractivity contribution is 0.0967. The predicted molar refractivity (Wildman–Crippen MR) is 100 cm³/mol. The first kappa shape index (κ1) is 15.2. The van der Waals surface area contributed by atoms with Gasteiger partial charge in [0, 0.05) is 10.9 Å². The van der Waals surface area contributed by atoms with Crippen molar-refractivity contribution in [3.05, 3.63) is 90.5 Å². The van der Waals surface area contributed by atoms with E-state index in [9.17, 15) is 4.79 Å². The van der Waals surface area contributed by atoms with Crippen molar-refractivity contribution in [3.63, 3.8) is 0 Å². The average molecular weight is 327 g/mol. The second-order valence-electron chi connectivity index (χ2n) is 5.82. The minimum Gasteiger partial charge on any atom is -0.497 e. The van der Waals surface area contributed by atoms with Crippen LogP contribution in [0.15, 0.2) is 84.9 Å². The van der Waals surface area contributed by atoms with Gasteiger partial charge in [0.1, 0.15) is 5.75 Å². The molecular formula is C22H17NO2. The predicted octanol–water partition coefficient (Wildman–Crippen LogP) is 5.01. The van der Waals surface area contributed by atoms with Gasteiger partial charge in [-0.1, -0.05) is 36.4 Å². The number of nitrogens with zero attached hydrogens (tertiary/aromatic N) is 1. The molecule has 25 heavy (non-hydrogen) atoms. The molecule has 0 spiro atoms. The molecule has 1 heterocycles. The van der Waals surface area contributed by atoms with E-state index >= 15 is 0 Å². The minimum absolute atomic E-state index is 0.0346. The number of fused-ring (bicyclic) bond motifs is 1. The van der Waals surface area contributed by atoms with Gasteiger partial charge in [0.25, 0.3) is 5.91 Å². The molecule has 3 heteroatoms. The highest BCUT2D eigenvalue weighted by Gasteiger charge is 2.17. The molecule has 0 unspecified atom stereocenters. The van der Waals surface area contributed by atoms with Crippen molar-refractivity contribution in [2.45, 2.75) is 0 Å². The third kappa shape index (κ3) is 2.70. The van der Waals surface area contributed by atoms with Gasteiger partial charge in [-0.15, -0.1) is 0 Å². The van der Waals surface area contributed by atoms with Gasteiger partial charge in [-0.05, 0) is 54.1 Å². The van der Waals surface area contributed by atoms with E-state index in [0.717, 1.165) is 27.9 Å². The largest absolute Gasteiger partial charge is 0.497 e.